The van der Waals surface area contributed by atoms with Crippen LogP contribution >= 0.6 is 0 Å². The molecule has 1 heterocycles. The summed E-state index contributed by atoms with van der Waals surface area (Å²) in [5, 5.41) is 0. The van der Waals surface area contributed by atoms with Gasteiger partial charge in [-0.3, -0.25) is 4.79 Å². The van der Waals surface area contributed by atoms with Gasteiger partial charge in [0.05, 0.1) is 6.54 Å². The standard InChI is InChI=1S/C22H28N2O/c1-5-17-11-19-20(12-18(17)15(2)23)24(21(25)13-22(19,3)4)14-16-9-7-6-8-10-16/h6-12,15H,5,13-14,23H2,1-4H3/t15-/m0/s1. The molecule has 25 heavy (non-hydrogen) atoms. The summed E-state index contributed by atoms with van der Waals surface area (Å²) >= 11 is 0. The zero-order valence-electron chi connectivity index (χ0n) is 15.7. The summed E-state index contributed by atoms with van der Waals surface area (Å²) in [6, 6.07) is 14.6. The number of anilines is 1. The summed E-state index contributed by atoms with van der Waals surface area (Å²) in [4.78, 5) is 14.8. The second-order valence-electron chi connectivity index (χ2n) is 7.74. The van der Waals surface area contributed by atoms with Crippen LogP contribution in [-0.4, -0.2) is 5.91 Å². The highest BCUT2D eigenvalue weighted by Crippen LogP contribution is 2.43. The van der Waals surface area contributed by atoms with Crippen LogP contribution in [0.25, 0.3) is 0 Å². The summed E-state index contributed by atoms with van der Waals surface area (Å²) < 4.78 is 0. The van der Waals surface area contributed by atoms with Crippen molar-refractivity contribution >= 4 is 11.6 Å². The van der Waals surface area contributed by atoms with Gasteiger partial charge in [0.2, 0.25) is 5.91 Å². The fraction of sp³-hybridized carbons (Fsp3) is 0.409. The number of fused-ring (bicyclic) bond motifs is 1. The minimum absolute atomic E-state index is 0.0426. The van der Waals surface area contributed by atoms with Crippen LogP contribution in [0.15, 0.2) is 42.5 Å². The van der Waals surface area contributed by atoms with Crippen LogP contribution < -0.4 is 10.6 Å². The highest BCUT2D eigenvalue weighted by atomic mass is 16.2. The monoisotopic (exact) mass is 336 g/mol. The van der Waals surface area contributed by atoms with Crippen molar-refractivity contribution in [2.24, 2.45) is 5.73 Å². The van der Waals surface area contributed by atoms with E-state index in [9.17, 15) is 4.79 Å². The third kappa shape index (κ3) is 3.34. The van der Waals surface area contributed by atoms with Gasteiger partial charge in [-0.25, -0.2) is 0 Å². The quantitative estimate of drug-likeness (QED) is 0.894. The second-order valence-corrected chi connectivity index (χ2v) is 7.74. The lowest BCUT2D eigenvalue weighted by Crippen LogP contribution is -2.41. The molecule has 2 aromatic carbocycles. The Morgan fingerprint density at radius 3 is 2.48 bits per heavy atom. The number of aryl methyl sites for hydroxylation is 1. The maximum absolute atomic E-state index is 12.9. The molecule has 1 atom stereocenters. The third-order valence-electron chi connectivity index (χ3n) is 5.23. The van der Waals surface area contributed by atoms with Gasteiger partial charge < -0.3 is 10.6 Å². The molecular formula is C22H28N2O. The Morgan fingerprint density at radius 2 is 1.88 bits per heavy atom. The maximum Gasteiger partial charge on any atom is 0.228 e. The third-order valence-corrected chi connectivity index (χ3v) is 5.23. The van der Waals surface area contributed by atoms with E-state index in [1.807, 2.05) is 30.0 Å². The number of amides is 1. The minimum atomic E-state index is -0.153. The summed E-state index contributed by atoms with van der Waals surface area (Å²) in [5.41, 5.74) is 11.9. The molecule has 2 aromatic rings. The smallest absolute Gasteiger partial charge is 0.228 e. The molecule has 0 aromatic heterocycles. The lowest BCUT2D eigenvalue weighted by atomic mass is 9.75. The lowest BCUT2D eigenvalue weighted by molar-refractivity contribution is -0.120. The molecule has 0 spiro atoms. The molecule has 132 valence electrons. The summed E-state index contributed by atoms with van der Waals surface area (Å²) in [6.07, 6.45) is 1.49. The highest BCUT2D eigenvalue weighted by molar-refractivity contribution is 5.98. The molecule has 3 nitrogen and oxygen atoms in total. The number of hydrogen-bond acceptors (Lipinski definition) is 2. The van der Waals surface area contributed by atoms with Crippen LogP contribution in [0, 0.1) is 0 Å². The van der Waals surface area contributed by atoms with Crippen molar-refractivity contribution in [2.45, 2.75) is 58.5 Å². The first-order chi connectivity index (χ1) is 11.8. The molecule has 0 saturated carbocycles. The summed E-state index contributed by atoms with van der Waals surface area (Å²) in [7, 11) is 0. The maximum atomic E-state index is 12.9. The van der Waals surface area contributed by atoms with Crippen molar-refractivity contribution in [2.75, 3.05) is 4.90 Å². The first-order valence-electron chi connectivity index (χ1n) is 9.10. The van der Waals surface area contributed by atoms with Crippen LogP contribution in [0.1, 0.15) is 62.4 Å². The average molecular weight is 336 g/mol. The Bertz CT molecular complexity index is 778. The normalized spacial score (nSPS) is 17.3. The van der Waals surface area contributed by atoms with Gasteiger partial charge in [-0.2, -0.15) is 0 Å². The van der Waals surface area contributed by atoms with Crippen LogP contribution in [0.5, 0.6) is 0 Å². The fourth-order valence-electron chi connectivity index (χ4n) is 3.79. The number of nitrogens with zero attached hydrogens (tertiary/aromatic N) is 1. The van der Waals surface area contributed by atoms with Gasteiger partial charge in [0, 0.05) is 23.6 Å². The summed E-state index contributed by atoms with van der Waals surface area (Å²) in [5.74, 6) is 0.182. The zero-order chi connectivity index (χ0) is 18.2. The van der Waals surface area contributed by atoms with Gasteiger partial charge in [-0.1, -0.05) is 57.2 Å². The minimum Gasteiger partial charge on any atom is -0.324 e. The second kappa shape index (κ2) is 6.64. The molecule has 1 amide bonds. The van der Waals surface area contributed by atoms with Crippen molar-refractivity contribution in [3.8, 4) is 0 Å². The summed E-state index contributed by atoms with van der Waals surface area (Å²) in [6.45, 7) is 9.10. The SMILES string of the molecule is CCc1cc2c(cc1[C@H](C)N)N(Cc1ccccc1)C(=O)CC2(C)C. The van der Waals surface area contributed by atoms with Crippen molar-refractivity contribution in [1.29, 1.82) is 0 Å². The molecule has 0 saturated heterocycles. The van der Waals surface area contributed by atoms with E-state index < -0.39 is 0 Å². The van der Waals surface area contributed by atoms with E-state index in [1.165, 1.54) is 11.1 Å². The van der Waals surface area contributed by atoms with Gasteiger partial charge in [0.1, 0.15) is 0 Å². The van der Waals surface area contributed by atoms with E-state index in [2.05, 4.69) is 45.0 Å². The molecular weight excluding hydrogens is 308 g/mol. The van der Waals surface area contributed by atoms with E-state index in [4.69, 9.17) is 5.73 Å². The average Bonchev–Trinajstić information content (AvgIpc) is 2.58. The van der Waals surface area contributed by atoms with E-state index in [0.29, 0.717) is 13.0 Å². The van der Waals surface area contributed by atoms with Gasteiger partial charge >= 0.3 is 0 Å². The van der Waals surface area contributed by atoms with Gasteiger partial charge in [-0.05, 0) is 41.7 Å². The van der Waals surface area contributed by atoms with Gasteiger partial charge in [0.15, 0.2) is 0 Å². The molecule has 0 unspecified atom stereocenters. The molecule has 3 heteroatoms. The molecule has 0 radical (unpaired) electrons. The van der Waals surface area contributed by atoms with E-state index >= 15 is 0 Å². The van der Waals surface area contributed by atoms with Crippen LogP contribution in [-0.2, 0) is 23.2 Å². The molecule has 2 N–H and O–H groups in total. The molecule has 0 bridgehead atoms. The Labute approximate surface area is 150 Å². The van der Waals surface area contributed by atoms with Crippen LogP contribution in [0.4, 0.5) is 5.69 Å². The fourth-order valence-corrected chi connectivity index (χ4v) is 3.79. The van der Waals surface area contributed by atoms with Crippen molar-refractivity contribution < 1.29 is 4.79 Å². The Balaban J connectivity index is 2.13. The molecule has 3 rings (SSSR count). The number of rotatable bonds is 4. The first-order valence-corrected chi connectivity index (χ1v) is 9.10. The number of carbonyl (C=O) groups is 1. The Morgan fingerprint density at radius 1 is 1.20 bits per heavy atom. The number of carbonyl (C=O) groups excluding carboxylic acids is 1. The zero-order valence-corrected chi connectivity index (χ0v) is 15.7. The van der Waals surface area contributed by atoms with Gasteiger partial charge in [0.25, 0.3) is 0 Å². The topological polar surface area (TPSA) is 46.3 Å². The number of hydrogen-bond donors (Lipinski definition) is 1. The van der Waals surface area contributed by atoms with Crippen molar-refractivity contribution in [3.63, 3.8) is 0 Å². The predicted octanol–water partition coefficient (Wildman–Crippen LogP) is 4.48. The lowest BCUT2D eigenvalue weighted by Gasteiger charge is -2.40. The highest BCUT2D eigenvalue weighted by Gasteiger charge is 2.37. The van der Waals surface area contributed by atoms with Crippen molar-refractivity contribution in [1.82, 2.24) is 0 Å². The molecule has 1 aliphatic rings. The number of nitrogens with two attached hydrogens (primary N) is 1. The predicted molar refractivity (Wildman–Crippen MR) is 104 cm³/mol. The van der Waals surface area contributed by atoms with Crippen molar-refractivity contribution in [3.05, 3.63) is 64.7 Å². The van der Waals surface area contributed by atoms with E-state index in [-0.39, 0.29) is 17.4 Å². The number of benzene rings is 2. The molecule has 0 aliphatic carbocycles. The Hall–Kier alpha value is -2.13. The Kier molecular flexibility index (Phi) is 4.70. The first kappa shape index (κ1) is 17.7. The largest absolute Gasteiger partial charge is 0.324 e. The van der Waals surface area contributed by atoms with E-state index in [1.54, 1.807) is 0 Å². The van der Waals surface area contributed by atoms with Gasteiger partial charge in [-0.15, -0.1) is 0 Å². The van der Waals surface area contributed by atoms with Crippen LogP contribution in [0.3, 0.4) is 0 Å². The molecule has 1 aliphatic heterocycles. The van der Waals surface area contributed by atoms with Crippen LogP contribution in [0.2, 0.25) is 0 Å². The molecule has 0 fully saturated rings. The van der Waals surface area contributed by atoms with E-state index in [0.717, 1.165) is 23.2 Å².